The Morgan fingerprint density at radius 2 is 1.90 bits per heavy atom. The zero-order valence-electron chi connectivity index (χ0n) is 16.1. The standard InChI is InChI=1S/C19H19F3N4O3S/c1-25(2)30(28,29)15-6-7-17-16(11-15)23-12-26(17)9-8-18(27)24-14-5-3-4-13(10-14)19(20,21)22/h3-7,10-12H,8-9H2,1-2H3,(H,24,27). The molecule has 0 fully saturated rings. The number of rotatable bonds is 6. The van der Waals surface area contributed by atoms with Gasteiger partial charge in [0.1, 0.15) is 0 Å². The molecule has 7 nitrogen and oxygen atoms in total. The van der Waals surface area contributed by atoms with Gasteiger partial charge in [-0.05, 0) is 36.4 Å². The summed E-state index contributed by atoms with van der Waals surface area (Å²) in [5.41, 5.74) is 0.309. The van der Waals surface area contributed by atoms with Gasteiger partial charge in [-0.15, -0.1) is 0 Å². The maximum absolute atomic E-state index is 12.8. The molecule has 3 aromatic rings. The van der Waals surface area contributed by atoms with Gasteiger partial charge < -0.3 is 9.88 Å². The third kappa shape index (κ3) is 4.62. The predicted molar refractivity (Wildman–Crippen MR) is 105 cm³/mol. The van der Waals surface area contributed by atoms with Crippen LogP contribution in [-0.4, -0.2) is 42.3 Å². The van der Waals surface area contributed by atoms with Crippen LogP contribution in [-0.2, 0) is 27.5 Å². The summed E-state index contributed by atoms with van der Waals surface area (Å²) < 4.78 is 65.5. The molecule has 0 unspecified atom stereocenters. The number of fused-ring (bicyclic) bond motifs is 1. The van der Waals surface area contributed by atoms with E-state index >= 15 is 0 Å². The Morgan fingerprint density at radius 1 is 1.17 bits per heavy atom. The van der Waals surface area contributed by atoms with E-state index in [0.717, 1.165) is 16.4 Å². The topological polar surface area (TPSA) is 84.3 Å². The SMILES string of the molecule is CN(C)S(=O)(=O)c1ccc2c(c1)ncn2CCC(=O)Nc1cccc(C(F)(F)F)c1. The number of hydrogen-bond donors (Lipinski definition) is 1. The average Bonchev–Trinajstić information content (AvgIpc) is 3.08. The monoisotopic (exact) mass is 440 g/mol. The molecule has 160 valence electrons. The van der Waals surface area contributed by atoms with Gasteiger partial charge in [-0.25, -0.2) is 17.7 Å². The van der Waals surface area contributed by atoms with Crippen molar-refractivity contribution in [1.82, 2.24) is 13.9 Å². The number of sulfonamides is 1. The first kappa shape index (κ1) is 21.8. The highest BCUT2D eigenvalue weighted by molar-refractivity contribution is 7.89. The molecule has 30 heavy (non-hydrogen) atoms. The van der Waals surface area contributed by atoms with E-state index in [0.29, 0.717) is 11.0 Å². The third-order valence-electron chi connectivity index (χ3n) is 4.42. The van der Waals surface area contributed by atoms with Crippen LogP contribution in [0.15, 0.2) is 53.7 Å². The van der Waals surface area contributed by atoms with Gasteiger partial charge in [0.05, 0.1) is 27.8 Å². The fourth-order valence-corrected chi connectivity index (χ4v) is 3.73. The maximum Gasteiger partial charge on any atom is 0.416 e. The Hall–Kier alpha value is -2.92. The van der Waals surface area contributed by atoms with Gasteiger partial charge in [-0.1, -0.05) is 6.07 Å². The van der Waals surface area contributed by atoms with Gasteiger partial charge in [-0.3, -0.25) is 4.79 Å². The molecule has 0 aliphatic rings. The second-order valence-electron chi connectivity index (χ2n) is 6.75. The van der Waals surface area contributed by atoms with Gasteiger partial charge >= 0.3 is 6.18 Å². The number of imidazole rings is 1. The van der Waals surface area contributed by atoms with Crippen molar-refractivity contribution >= 4 is 32.7 Å². The van der Waals surface area contributed by atoms with E-state index in [9.17, 15) is 26.4 Å². The second-order valence-corrected chi connectivity index (χ2v) is 8.90. The molecule has 0 spiro atoms. The summed E-state index contributed by atoms with van der Waals surface area (Å²) in [6, 6.07) is 8.91. The largest absolute Gasteiger partial charge is 0.416 e. The molecule has 0 saturated heterocycles. The van der Waals surface area contributed by atoms with Crippen LogP contribution in [0.2, 0.25) is 0 Å². The number of amides is 1. The summed E-state index contributed by atoms with van der Waals surface area (Å²) in [7, 11) is -0.730. The van der Waals surface area contributed by atoms with E-state index in [1.54, 1.807) is 10.6 Å². The van der Waals surface area contributed by atoms with Crippen LogP contribution in [0.3, 0.4) is 0 Å². The van der Waals surface area contributed by atoms with Crippen LogP contribution >= 0.6 is 0 Å². The summed E-state index contributed by atoms with van der Waals surface area (Å²) in [5, 5.41) is 2.45. The highest BCUT2D eigenvalue weighted by atomic mass is 32.2. The van der Waals surface area contributed by atoms with Crippen molar-refractivity contribution in [3.8, 4) is 0 Å². The van der Waals surface area contributed by atoms with Gasteiger partial charge in [0.2, 0.25) is 15.9 Å². The van der Waals surface area contributed by atoms with Gasteiger partial charge in [0, 0.05) is 32.7 Å². The van der Waals surface area contributed by atoms with Crippen LogP contribution in [0.25, 0.3) is 11.0 Å². The Labute approximate surface area is 171 Å². The number of nitrogens with one attached hydrogen (secondary N) is 1. The number of anilines is 1. The lowest BCUT2D eigenvalue weighted by Crippen LogP contribution is -2.22. The molecule has 0 saturated carbocycles. The normalized spacial score (nSPS) is 12.5. The van der Waals surface area contributed by atoms with Gasteiger partial charge in [-0.2, -0.15) is 13.2 Å². The van der Waals surface area contributed by atoms with E-state index < -0.39 is 27.7 Å². The number of carbonyl (C=O) groups is 1. The van der Waals surface area contributed by atoms with Crippen molar-refractivity contribution in [2.45, 2.75) is 24.0 Å². The Bertz CT molecular complexity index is 1190. The molecule has 0 bridgehead atoms. The molecule has 0 radical (unpaired) electrons. The second kappa shape index (κ2) is 8.07. The number of nitrogens with zero attached hydrogens (tertiary/aromatic N) is 3. The Balaban J connectivity index is 1.70. The van der Waals surface area contributed by atoms with E-state index in [1.165, 1.54) is 44.7 Å². The summed E-state index contributed by atoms with van der Waals surface area (Å²) in [6.45, 7) is 0.223. The minimum Gasteiger partial charge on any atom is -0.330 e. The smallest absolute Gasteiger partial charge is 0.330 e. The molecule has 1 N–H and O–H groups in total. The zero-order chi connectivity index (χ0) is 22.1. The predicted octanol–water partition coefficient (Wildman–Crippen LogP) is 3.33. The fourth-order valence-electron chi connectivity index (χ4n) is 2.81. The molecule has 1 amide bonds. The van der Waals surface area contributed by atoms with Crippen LogP contribution in [0, 0.1) is 0 Å². The fraction of sp³-hybridized carbons (Fsp3) is 0.263. The van der Waals surface area contributed by atoms with Crippen molar-refractivity contribution in [2.75, 3.05) is 19.4 Å². The zero-order valence-corrected chi connectivity index (χ0v) is 17.0. The van der Waals surface area contributed by atoms with Crippen LogP contribution in [0.1, 0.15) is 12.0 Å². The maximum atomic E-state index is 12.8. The first-order chi connectivity index (χ1) is 14.0. The van der Waals surface area contributed by atoms with Crippen LogP contribution < -0.4 is 5.32 Å². The summed E-state index contributed by atoms with van der Waals surface area (Å²) in [4.78, 5) is 16.4. The Morgan fingerprint density at radius 3 is 2.57 bits per heavy atom. The van der Waals surface area contributed by atoms with E-state index in [2.05, 4.69) is 10.3 Å². The summed E-state index contributed by atoms with van der Waals surface area (Å²) in [6.07, 6.45) is -3.01. The number of hydrogen-bond acceptors (Lipinski definition) is 4. The van der Waals surface area contributed by atoms with Crippen molar-refractivity contribution < 1.29 is 26.4 Å². The third-order valence-corrected chi connectivity index (χ3v) is 6.24. The molecular weight excluding hydrogens is 421 g/mol. The number of benzene rings is 2. The molecular formula is C19H19F3N4O3S. The Kier molecular flexibility index (Phi) is 5.86. The summed E-state index contributed by atoms with van der Waals surface area (Å²) in [5.74, 6) is -0.456. The van der Waals surface area contributed by atoms with E-state index in [1.807, 2.05) is 0 Å². The lowest BCUT2D eigenvalue weighted by atomic mass is 10.2. The molecule has 11 heteroatoms. The number of halogens is 3. The van der Waals surface area contributed by atoms with E-state index in [-0.39, 0.29) is 23.5 Å². The minimum atomic E-state index is -4.49. The van der Waals surface area contributed by atoms with Gasteiger partial charge in [0.25, 0.3) is 0 Å². The lowest BCUT2D eigenvalue weighted by molar-refractivity contribution is -0.137. The molecule has 1 aromatic heterocycles. The number of carbonyl (C=O) groups excluding carboxylic acids is 1. The molecule has 0 aliphatic heterocycles. The molecule has 0 aliphatic carbocycles. The first-order valence-electron chi connectivity index (χ1n) is 8.83. The van der Waals surface area contributed by atoms with Crippen molar-refractivity contribution in [3.05, 3.63) is 54.4 Å². The number of aromatic nitrogens is 2. The highest BCUT2D eigenvalue weighted by Crippen LogP contribution is 2.30. The number of alkyl halides is 3. The van der Waals surface area contributed by atoms with Crippen molar-refractivity contribution in [2.24, 2.45) is 0 Å². The van der Waals surface area contributed by atoms with Gasteiger partial charge in [0.15, 0.2) is 0 Å². The first-order valence-corrected chi connectivity index (χ1v) is 10.3. The van der Waals surface area contributed by atoms with Crippen LogP contribution in [0.5, 0.6) is 0 Å². The molecule has 2 aromatic carbocycles. The number of aryl methyl sites for hydroxylation is 1. The minimum absolute atomic E-state index is 0.000542. The molecule has 1 heterocycles. The lowest BCUT2D eigenvalue weighted by Gasteiger charge is -2.11. The molecule has 0 atom stereocenters. The average molecular weight is 440 g/mol. The quantitative estimate of drug-likeness (QED) is 0.637. The van der Waals surface area contributed by atoms with Crippen molar-refractivity contribution in [1.29, 1.82) is 0 Å². The van der Waals surface area contributed by atoms with E-state index in [4.69, 9.17) is 0 Å². The van der Waals surface area contributed by atoms with Crippen LogP contribution in [0.4, 0.5) is 18.9 Å². The van der Waals surface area contributed by atoms with Crippen molar-refractivity contribution in [3.63, 3.8) is 0 Å². The molecule has 3 rings (SSSR count). The highest BCUT2D eigenvalue weighted by Gasteiger charge is 2.30. The summed E-state index contributed by atoms with van der Waals surface area (Å²) >= 11 is 0.